The van der Waals surface area contributed by atoms with Crippen molar-refractivity contribution >= 4 is 27.8 Å². The highest BCUT2D eigenvalue weighted by molar-refractivity contribution is 9.09. The molecule has 1 unspecified atom stereocenters. The zero-order valence-electron chi connectivity index (χ0n) is 11.0. The monoisotopic (exact) mass is 307 g/mol. The van der Waals surface area contributed by atoms with Crippen LogP contribution < -0.4 is 5.32 Å². The second-order valence-corrected chi connectivity index (χ2v) is 5.55. The lowest BCUT2D eigenvalue weighted by Gasteiger charge is -2.19. The Morgan fingerprint density at radius 3 is 2.35 bits per heavy atom. The standard InChI is InChI=1S/C12H22BrNO3/c1-5-17-10(15)9(8-13)6-7-14-11(16)12(2,3)4/h9H,5-8H2,1-4H3,(H,14,16). The number of esters is 1. The van der Waals surface area contributed by atoms with E-state index < -0.39 is 5.41 Å². The fourth-order valence-corrected chi connectivity index (χ4v) is 1.73. The molecule has 0 aliphatic carbocycles. The molecule has 0 saturated carbocycles. The topological polar surface area (TPSA) is 55.4 Å². The number of hydrogen-bond donors (Lipinski definition) is 1. The summed E-state index contributed by atoms with van der Waals surface area (Å²) in [6.07, 6.45) is 0.589. The Morgan fingerprint density at radius 1 is 1.35 bits per heavy atom. The van der Waals surface area contributed by atoms with Gasteiger partial charge in [0, 0.05) is 17.3 Å². The lowest BCUT2D eigenvalue weighted by Crippen LogP contribution is -2.36. The van der Waals surface area contributed by atoms with E-state index in [1.54, 1.807) is 6.92 Å². The lowest BCUT2D eigenvalue weighted by atomic mass is 9.95. The van der Waals surface area contributed by atoms with Crippen LogP contribution in [0.2, 0.25) is 0 Å². The molecular weight excluding hydrogens is 286 g/mol. The predicted octanol–water partition coefficient (Wildman–Crippen LogP) is 2.11. The number of rotatable bonds is 6. The molecule has 0 radical (unpaired) electrons. The van der Waals surface area contributed by atoms with Gasteiger partial charge < -0.3 is 10.1 Å². The van der Waals surface area contributed by atoms with Crippen LogP contribution in [0.15, 0.2) is 0 Å². The molecule has 0 aromatic carbocycles. The van der Waals surface area contributed by atoms with Gasteiger partial charge in [0.25, 0.3) is 0 Å². The molecule has 1 atom stereocenters. The Hall–Kier alpha value is -0.580. The molecule has 0 rings (SSSR count). The summed E-state index contributed by atoms with van der Waals surface area (Å²) < 4.78 is 4.94. The first-order valence-corrected chi connectivity index (χ1v) is 6.96. The maximum Gasteiger partial charge on any atom is 0.309 e. The van der Waals surface area contributed by atoms with Gasteiger partial charge in [-0.05, 0) is 13.3 Å². The van der Waals surface area contributed by atoms with E-state index in [1.807, 2.05) is 20.8 Å². The zero-order valence-corrected chi connectivity index (χ0v) is 12.6. The van der Waals surface area contributed by atoms with Gasteiger partial charge in [0.2, 0.25) is 5.91 Å². The smallest absolute Gasteiger partial charge is 0.309 e. The van der Waals surface area contributed by atoms with E-state index in [-0.39, 0.29) is 17.8 Å². The van der Waals surface area contributed by atoms with E-state index >= 15 is 0 Å². The summed E-state index contributed by atoms with van der Waals surface area (Å²) in [6.45, 7) is 8.23. The quantitative estimate of drug-likeness (QED) is 0.604. The average Bonchev–Trinajstić information content (AvgIpc) is 2.22. The van der Waals surface area contributed by atoms with Crippen LogP contribution in [0.5, 0.6) is 0 Å². The number of hydrogen-bond acceptors (Lipinski definition) is 3. The molecule has 0 saturated heterocycles. The minimum absolute atomic E-state index is 0.00492. The van der Waals surface area contributed by atoms with Crippen molar-refractivity contribution in [3.8, 4) is 0 Å². The normalized spacial score (nSPS) is 13.0. The number of amides is 1. The minimum Gasteiger partial charge on any atom is -0.466 e. The van der Waals surface area contributed by atoms with Crippen molar-refractivity contribution < 1.29 is 14.3 Å². The van der Waals surface area contributed by atoms with Crippen molar-refractivity contribution in [3.05, 3.63) is 0 Å². The van der Waals surface area contributed by atoms with Crippen molar-refractivity contribution in [2.24, 2.45) is 11.3 Å². The van der Waals surface area contributed by atoms with Crippen molar-refractivity contribution in [2.45, 2.75) is 34.1 Å². The summed E-state index contributed by atoms with van der Waals surface area (Å²) in [5.41, 5.74) is -0.395. The molecule has 17 heavy (non-hydrogen) atoms. The Labute approximate surface area is 112 Å². The third kappa shape index (κ3) is 6.66. The highest BCUT2D eigenvalue weighted by Gasteiger charge is 2.22. The van der Waals surface area contributed by atoms with Gasteiger partial charge in [-0.2, -0.15) is 0 Å². The van der Waals surface area contributed by atoms with Gasteiger partial charge in [0.15, 0.2) is 0 Å². The minimum atomic E-state index is -0.395. The van der Waals surface area contributed by atoms with Crippen LogP contribution in [0.25, 0.3) is 0 Å². The first kappa shape index (κ1) is 16.4. The van der Waals surface area contributed by atoms with Crippen LogP contribution >= 0.6 is 15.9 Å². The molecular formula is C12H22BrNO3. The third-order valence-electron chi connectivity index (χ3n) is 2.27. The first-order chi connectivity index (χ1) is 7.82. The van der Waals surface area contributed by atoms with E-state index in [1.165, 1.54) is 0 Å². The highest BCUT2D eigenvalue weighted by Crippen LogP contribution is 2.13. The molecule has 0 heterocycles. The number of nitrogens with one attached hydrogen (secondary N) is 1. The maximum atomic E-state index is 11.6. The average molecular weight is 308 g/mol. The van der Waals surface area contributed by atoms with Gasteiger partial charge in [-0.15, -0.1) is 0 Å². The predicted molar refractivity (Wildman–Crippen MR) is 71.0 cm³/mol. The summed E-state index contributed by atoms with van der Waals surface area (Å²) in [7, 11) is 0. The number of ether oxygens (including phenoxy) is 1. The molecule has 4 nitrogen and oxygen atoms in total. The van der Waals surface area contributed by atoms with Crippen LogP contribution in [-0.2, 0) is 14.3 Å². The summed E-state index contributed by atoms with van der Waals surface area (Å²) in [5, 5.41) is 3.37. The van der Waals surface area contributed by atoms with Gasteiger partial charge in [0.1, 0.15) is 0 Å². The summed E-state index contributed by atoms with van der Waals surface area (Å²) >= 11 is 3.28. The Kier molecular flexibility index (Phi) is 7.43. The number of halogens is 1. The highest BCUT2D eigenvalue weighted by atomic mass is 79.9. The SMILES string of the molecule is CCOC(=O)C(CBr)CCNC(=O)C(C)(C)C. The van der Waals surface area contributed by atoms with Crippen LogP contribution in [0.4, 0.5) is 0 Å². The first-order valence-electron chi connectivity index (χ1n) is 5.83. The van der Waals surface area contributed by atoms with Crippen molar-refractivity contribution in [2.75, 3.05) is 18.5 Å². The van der Waals surface area contributed by atoms with E-state index in [9.17, 15) is 9.59 Å². The molecule has 5 heteroatoms. The van der Waals surface area contributed by atoms with Gasteiger partial charge >= 0.3 is 5.97 Å². The second-order valence-electron chi connectivity index (χ2n) is 4.90. The number of carbonyl (C=O) groups excluding carboxylic acids is 2. The van der Waals surface area contributed by atoms with Crippen LogP contribution in [0.3, 0.4) is 0 Å². The summed E-state index contributed by atoms with van der Waals surface area (Å²) in [5.74, 6) is -0.417. The van der Waals surface area contributed by atoms with E-state index in [2.05, 4.69) is 21.2 Å². The van der Waals surface area contributed by atoms with Crippen LogP contribution in [-0.4, -0.2) is 30.4 Å². The van der Waals surface area contributed by atoms with Gasteiger partial charge in [-0.1, -0.05) is 36.7 Å². The molecule has 1 N–H and O–H groups in total. The van der Waals surface area contributed by atoms with Gasteiger partial charge in [0.05, 0.1) is 12.5 Å². The Bertz CT molecular complexity index is 261. The second kappa shape index (κ2) is 7.69. The molecule has 100 valence electrons. The molecule has 1 amide bonds. The molecule has 0 aliphatic rings. The molecule has 0 aromatic rings. The number of carbonyl (C=O) groups is 2. The molecule has 0 bridgehead atoms. The molecule has 0 spiro atoms. The van der Waals surface area contributed by atoms with Gasteiger partial charge in [-0.25, -0.2) is 0 Å². The molecule has 0 fully saturated rings. The van der Waals surface area contributed by atoms with Gasteiger partial charge in [-0.3, -0.25) is 9.59 Å². The Morgan fingerprint density at radius 2 is 1.94 bits per heavy atom. The fraction of sp³-hybridized carbons (Fsp3) is 0.833. The zero-order chi connectivity index (χ0) is 13.5. The largest absolute Gasteiger partial charge is 0.466 e. The van der Waals surface area contributed by atoms with Crippen molar-refractivity contribution in [1.29, 1.82) is 0 Å². The molecule has 0 aromatic heterocycles. The summed E-state index contributed by atoms with van der Waals surface area (Å²) in [4.78, 5) is 23.1. The van der Waals surface area contributed by atoms with Crippen LogP contribution in [0, 0.1) is 11.3 Å². The van der Waals surface area contributed by atoms with E-state index in [0.717, 1.165) is 0 Å². The fourth-order valence-electron chi connectivity index (χ4n) is 1.14. The maximum absolute atomic E-state index is 11.6. The Balaban J connectivity index is 4.01. The van der Waals surface area contributed by atoms with Crippen molar-refractivity contribution in [1.82, 2.24) is 5.32 Å². The lowest BCUT2D eigenvalue weighted by molar-refractivity contribution is -0.147. The van der Waals surface area contributed by atoms with E-state index in [0.29, 0.717) is 24.9 Å². The van der Waals surface area contributed by atoms with E-state index in [4.69, 9.17) is 4.74 Å². The summed E-state index contributed by atoms with van der Waals surface area (Å²) in [6, 6.07) is 0. The van der Waals surface area contributed by atoms with Crippen molar-refractivity contribution in [3.63, 3.8) is 0 Å². The number of alkyl halides is 1. The van der Waals surface area contributed by atoms with Crippen LogP contribution in [0.1, 0.15) is 34.1 Å². The molecule has 0 aliphatic heterocycles. The third-order valence-corrected chi connectivity index (χ3v) is 3.05.